The van der Waals surface area contributed by atoms with Gasteiger partial charge in [-0.2, -0.15) is 10.2 Å². The fourth-order valence-electron chi connectivity index (χ4n) is 10.7. The molecule has 5 amide bonds. The van der Waals surface area contributed by atoms with Crippen LogP contribution in [-0.4, -0.2) is 128 Å². The topological polar surface area (TPSA) is 279 Å². The highest BCUT2D eigenvalue weighted by atomic mass is 16.5. The summed E-state index contributed by atoms with van der Waals surface area (Å²) in [7, 11) is 3.20. The summed E-state index contributed by atoms with van der Waals surface area (Å²) in [6.07, 6.45) is 12.1. The first-order valence-electron chi connectivity index (χ1n) is 30.9. The molecule has 6 N–H and O–H groups in total. The molecule has 1 aliphatic rings. The number of carbonyl (C=O) groups is 5. The molecule has 87 heavy (non-hydrogen) atoms. The van der Waals surface area contributed by atoms with Gasteiger partial charge in [0.2, 0.25) is 29.6 Å². The first-order chi connectivity index (χ1) is 41.8. The van der Waals surface area contributed by atoms with E-state index in [-0.39, 0.29) is 73.2 Å². The van der Waals surface area contributed by atoms with E-state index in [1.54, 1.807) is 52.5 Å². The number of carbonyl (C=O) groups excluding carboxylic acids is 5. The molecule has 1 fully saturated rings. The van der Waals surface area contributed by atoms with Gasteiger partial charge < -0.3 is 45.0 Å². The van der Waals surface area contributed by atoms with E-state index in [9.17, 15) is 29.1 Å². The zero-order chi connectivity index (χ0) is 64.9. The summed E-state index contributed by atoms with van der Waals surface area (Å²) in [5, 5.41) is 24.4. The van der Waals surface area contributed by atoms with E-state index < -0.39 is 29.4 Å². The van der Waals surface area contributed by atoms with Crippen molar-refractivity contribution in [1.82, 2.24) is 53.4 Å². The monoisotopic (exact) mass is 1200 g/mol. The number of hydrogen-bond acceptors (Lipinski definition) is 13. The Kier molecular flexibility index (Phi) is 27.4. The molecule has 474 valence electrons. The molecule has 8 rings (SSSR count). The zero-order valence-electron chi connectivity index (χ0n) is 54.6. The number of fused-ring (bicyclic) bond motifs is 4. The zero-order valence-corrected chi connectivity index (χ0v) is 54.6. The number of ether oxygens (including phenoxy) is 2. The van der Waals surface area contributed by atoms with Crippen LogP contribution in [0.3, 0.4) is 0 Å². The summed E-state index contributed by atoms with van der Waals surface area (Å²) in [5.74, 6) is -1.24. The van der Waals surface area contributed by atoms with Crippen molar-refractivity contribution in [3.63, 3.8) is 0 Å². The number of likely N-dealkylation sites (tertiary alicyclic amines) is 1. The van der Waals surface area contributed by atoms with Crippen LogP contribution in [0.1, 0.15) is 171 Å². The summed E-state index contributed by atoms with van der Waals surface area (Å²) in [5.41, 5.74) is 16.2. The van der Waals surface area contributed by atoms with Crippen LogP contribution in [0, 0.1) is 25.2 Å². The van der Waals surface area contributed by atoms with Crippen LogP contribution in [0.2, 0.25) is 0 Å². The number of primary amides is 2. The standard InChI is InChI=1S/C57H72N14O8.4C2H6/c1-10-14-20-57(7,19-11-2)40-32-47(73)67(55(40)77)24-18-46(72)66(8)21-17-25-79-45-31-37(51(59)75)29-41-49(45)69(56(61-41)63-54(76)43-27-35(6)65-71(43)13-4)23-16-15-22-68-48-38(28-36(50(58)74)30-44(48)78-9)39-33-60-52(62-53(39)68)42-26-34(5)64-70(42)12-3;4*1-2/h11,15-16,19,26-31,33,40,47,73H,10,12-14,17-18,20-25,32H2,1-9H3,(H2,58,74)(H2,59,75)(H,61,63,76);4*1-2H3/b16-15+,19-11?;;;;. The number of aliphatic hydroxyl groups is 1. The van der Waals surface area contributed by atoms with Crippen molar-refractivity contribution in [3.8, 4) is 23.0 Å². The van der Waals surface area contributed by atoms with Crippen LogP contribution < -0.4 is 26.3 Å². The van der Waals surface area contributed by atoms with Crippen molar-refractivity contribution in [2.75, 3.05) is 39.2 Å². The Balaban J connectivity index is 0.00000194. The molecule has 22 nitrogen and oxygen atoms in total. The average Bonchev–Trinajstić information content (AvgIpc) is 1.74. The minimum atomic E-state index is -0.968. The van der Waals surface area contributed by atoms with Gasteiger partial charge in [-0.25, -0.2) is 15.0 Å². The van der Waals surface area contributed by atoms with Crippen LogP contribution in [0.25, 0.3) is 44.5 Å². The quantitative estimate of drug-likeness (QED) is 0.0306. The highest BCUT2D eigenvalue weighted by molar-refractivity contribution is 6.12. The minimum absolute atomic E-state index is 0.0314. The molecule has 0 bridgehead atoms. The SMILES string of the molecule is CC.CC.CC.CC.CC=CC(C)(CCCC)C1CC(O)N(CCC(=O)N(C)CCCOc2cc(C(N)=O)cc3nc(NC(=O)c4cc(C)nn4CC)n(C/C=C/Cn4c5nc(-c6cc(C)nn6CC)ncc5c5cc(C(N)=O)cc(OC)c54)c23)C1=O. The number of rotatable bonds is 25. The fraction of sp³-hybridized carbons (Fsp3) is 0.508. The molecule has 1 saturated heterocycles. The highest BCUT2D eigenvalue weighted by Gasteiger charge is 2.47. The van der Waals surface area contributed by atoms with E-state index in [0.29, 0.717) is 88.4 Å². The number of allylic oxidation sites excluding steroid dienone is 4. The Bertz CT molecular complexity index is 3520. The molecule has 3 unspecified atom stereocenters. The van der Waals surface area contributed by atoms with Gasteiger partial charge in [0, 0.05) is 87.3 Å². The third-order valence-electron chi connectivity index (χ3n) is 14.8. The maximum absolute atomic E-state index is 14.0. The van der Waals surface area contributed by atoms with Gasteiger partial charge in [-0.15, -0.1) is 0 Å². The van der Waals surface area contributed by atoms with Gasteiger partial charge in [0.15, 0.2) is 5.82 Å². The second-order valence-corrected chi connectivity index (χ2v) is 20.3. The van der Waals surface area contributed by atoms with Gasteiger partial charge in [-0.1, -0.05) is 106 Å². The predicted molar refractivity (Wildman–Crippen MR) is 346 cm³/mol. The molecule has 6 heterocycles. The molecule has 0 aliphatic carbocycles. The van der Waals surface area contributed by atoms with Gasteiger partial charge >= 0.3 is 0 Å². The van der Waals surface area contributed by atoms with E-state index in [4.69, 9.17) is 35.9 Å². The number of amides is 5. The smallest absolute Gasteiger partial charge is 0.276 e. The fourth-order valence-corrected chi connectivity index (χ4v) is 10.7. The number of imidazole rings is 1. The molecule has 7 aromatic rings. The molecular weight excluding hydrogens is 1100 g/mol. The van der Waals surface area contributed by atoms with Crippen molar-refractivity contribution < 1.29 is 38.6 Å². The van der Waals surface area contributed by atoms with Crippen LogP contribution in [-0.2, 0) is 35.8 Å². The number of hydrogen-bond donors (Lipinski definition) is 4. The molecule has 0 radical (unpaired) electrons. The normalized spacial score (nSPS) is 14.4. The number of unbranched alkanes of at least 4 members (excludes halogenated alkanes) is 1. The Morgan fingerprint density at radius 1 is 0.816 bits per heavy atom. The Morgan fingerprint density at radius 2 is 1.44 bits per heavy atom. The number of benzene rings is 2. The number of aliphatic hydroxyl groups excluding tert-OH is 1. The molecule has 2 aromatic carbocycles. The molecule has 1 aliphatic heterocycles. The molecule has 22 heteroatoms. The second kappa shape index (κ2) is 33.5. The maximum atomic E-state index is 14.0. The van der Waals surface area contributed by atoms with Gasteiger partial charge in [0.05, 0.1) is 42.1 Å². The summed E-state index contributed by atoms with van der Waals surface area (Å²) < 4.78 is 19.5. The summed E-state index contributed by atoms with van der Waals surface area (Å²) in [4.78, 5) is 84.2. The molecular formula is C65H96N14O8. The second-order valence-electron chi connectivity index (χ2n) is 20.3. The molecule has 3 atom stereocenters. The van der Waals surface area contributed by atoms with Crippen molar-refractivity contribution >= 4 is 68.5 Å². The minimum Gasteiger partial charge on any atom is -0.495 e. The van der Waals surface area contributed by atoms with Gasteiger partial charge in [0.25, 0.3) is 5.91 Å². The lowest BCUT2D eigenvalue weighted by Crippen LogP contribution is -2.39. The van der Waals surface area contributed by atoms with E-state index in [1.165, 1.54) is 24.1 Å². The Hall–Kier alpha value is -8.40. The summed E-state index contributed by atoms with van der Waals surface area (Å²) >= 11 is 0. The Labute approximate surface area is 513 Å². The van der Waals surface area contributed by atoms with E-state index in [0.717, 1.165) is 30.7 Å². The lowest BCUT2D eigenvalue weighted by atomic mass is 9.72. The lowest BCUT2D eigenvalue weighted by molar-refractivity contribution is -0.139. The molecule has 0 saturated carbocycles. The number of nitrogens with zero attached hydrogens (tertiary/aromatic N) is 11. The van der Waals surface area contributed by atoms with E-state index in [1.807, 2.05) is 117 Å². The van der Waals surface area contributed by atoms with Gasteiger partial charge in [0.1, 0.15) is 40.3 Å². The van der Waals surface area contributed by atoms with E-state index >= 15 is 0 Å². The number of methoxy groups -OCH3 is 1. The van der Waals surface area contributed by atoms with Crippen molar-refractivity contribution in [3.05, 3.63) is 95.1 Å². The van der Waals surface area contributed by atoms with Gasteiger partial charge in [-0.3, -0.25) is 38.7 Å². The number of nitrogens with two attached hydrogens (primary N) is 2. The first-order valence-corrected chi connectivity index (χ1v) is 30.9. The third kappa shape index (κ3) is 16.4. The number of aryl methyl sites for hydroxylation is 4. The molecule has 5 aromatic heterocycles. The maximum Gasteiger partial charge on any atom is 0.276 e. The van der Waals surface area contributed by atoms with Crippen LogP contribution in [0.4, 0.5) is 5.95 Å². The van der Waals surface area contributed by atoms with Crippen LogP contribution in [0.5, 0.6) is 11.5 Å². The Morgan fingerprint density at radius 3 is 2.06 bits per heavy atom. The summed E-state index contributed by atoms with van der Waals surface area (Å²) in [6, 6.07) is 9.99. The van der Waals surface area contributed by atoms with Gasteiger partial charge in [-0.05, 0) is 89.3 Å². The average molecular weight is 1200 g/mol. The number of anilines is 1. The third-order valence-corrected chi connectivity index (χ3v) is 14.8. The lowest BCUT2D eigenvalue weighted by Gasteiger charge is -2.31. The predicted octanol–water partition coefficient (Wildman–Crippen LogP) is 11.0. The largest absolute Gasteiger partial charge is 0.495 e. The number of nitrogens with one attached hydrogen (secondary N) is 1. The van der Waals surface area contributed by atoms with Crippen LogP contribution in [0.15, 0.2) is 66.9 Å². The van der Waals surface area contributed by atoms with Crippen molar-refractivity contribution in [2.24, 2.45) is 22.8 Å². The van der Waals surface area contributed by atoms with E-state index in [2.05, 4.69) is 35.4 Å². The van der Waals surface area contributed by atoms with Crippen molar-refractivity contribution in [2.45, 2.75) is 175 Å². The van der Waals surface area contributed by atoms with Crippen molar-refractivity contribution in [1.29, 1.82) is 0 Å². The molecule has 0 spiro atoms. The van der Waals surface area contributed by atoms with Crippen LogP contribution >= 0.6 is 0 Å². The summed E-state index contributed by atoms with van der Waals surface area (Å²) in [6.45, 7) is 31.6. The number of aromatic nitrogens is 9. The highest BCUT2D eigenvalue weighted by Crippen LogP contribution is 2.43. The first kappa shape index (κ1) is 71.1.